The van der Waals surface area contributed by atoms with Gasteiger partial charge in [-0.2, -0.15) is 0 Å². The van der Waals surface area contributed by atoms with Crippen LogP contribution in [0.3, 0.4) is 0 Å². The number of halogens is 1. The monoisotopic (exact) mass is 347 g/mol. The van der Waals surface area contributed by atoms with Crippen molar-refractivity contribution in [2.75, 3.05) is 13.1 Å². The van der Waals surface area contributed by atoms with E-state index in [2.05, 4.69) is 59.4 Å². The minimum Gasteiger partial charge on any atom is -0.489 e. The van der Waals surface area contributed by atoms with E-state index in [1.165, 1.54) is 11.1 Å². The molecule has 0 aliphatic heterocycles. The van der Waals surface area contributed by atoms with Crippen molar-refractivity contribution < 1.29 is 4.74 Å². The minimum atomic E-state index is 0.532. The van der Waals surface area contributed by atoms with Crippen molar-refractivity contribution in [3.63, 3.8) is 0 Å². The quantitative estimate of drug-likeness (QED) is 0.780. The predicted molar refractivity (Wildman–Crippen MR) is 91.9 cm³/mol. The van der Waals surface area contributed by atoms with Gasteiger partial charge in [-0.15, -0.1) is 0 Å². The first-order chi connectivity index (χ1) is 10.2. The van der Waals surface area contributed by atoms with E-state index in [-0.39, 0.29) is 0 Å². The Morgan fingerprint density at radius 3 is 2.57 bits per heavy atom. The van der Waals surface area contributed by atoms with Crippen LogP contribution in [0, 0.1) is 0 Å². The summed E-state index contributed by atoms with van der Waals surface area (Å²) in [6, 6.07) is 16.6. The standard InChI is InChI=1S/C18H22BrNO/c1-3-20-12-14(2)16-9-7-15(8-10-16)13-21-18-6-4-5-17(19)11-18/h4-11,14,20H,3,12-13H2,1-2H3. The highest BCUT2D eigenvalue weighted by molar-refractivity contribution is 9.10. The first kappa shape index (κ1) is 16.1. The third-order valence-electron chi connectivity index (χ3n) is 3.45. The molecule has 2 rings (SSSR count). The molecule has 0 fully saturated rings. The van der Waals surface area contributed by atoms with Crippen LogP contribution in [0.1, 0.15) is 30.9 Å². The molecule has 1 unspecified atom stereocenters. The summed E-state index contributed by atoms with van der Waals surface area (Å²) in [6.45, 7) is 7.01. The van der Waals surface area contributed by atoms with Crippen LogP contribution in [0.2, 0.25) is 0 Å². The highest BCUT2D eigenvalue weighted by Gasteiger charge is 2.04. The van der Waals surface area contributed by atoms with Gasteiger partial charge in [0.15, 0.2) is 0 Å². The van der Waals surface area contributed by atoms with E-state index in [1.54, 1.807) is 0 Å². The van der Waals surface area contributed by atoms with Crippen molar-refractivity contribution in [1.29, 1.82) is 0 Å². The van der Waals surface area contributed by atoms with Crippen LogP contribution in [0.4, 0.5) is 0 Å². The summed E-state index contributed by atoms with van der Waals surface area (Å²) in [5.41, 5.74) is 2.55. The van der Waals surface area contributed by atoms with Crippen molar-refractivity contribution in [2.24, 2.45) is 0 Å². The van der Waals surface area contributed by atoms with Gasteiger partial charge < -0.3 is 10.1 Å². The number of hydrogen-bond donors (Lipinski definition) is 1. The normalized spacial score (nSPS) is 12.1. The fourth-order valence-corrected chi connectivity index (χ4v) is 2.52. The van der Waals surface area contributed by atoms with Crippen molar-refractivity contribution in [1.82, 2.24) is 5.32 Å². The molecule has 0 amide bonds. The molecule has 3 heteroatoms. The molecule has 2 aromatic rings. The van der Waals surface area contributed by atoms with E-state index >= 15 is 0 Å². The lowest BCUT2D eigenvalue weighted by molar-refractivity contribution is 0.306. The molecule has 0 heterocycles. The SMILES string of the molecule is CCNCC(C)c1ccc(COc2cccc(Br)c2)cc1. The molecule has 0 saturated heterocycles. The molecule has 0 aliphatic carbocycles. The molecule has 0 bridgehead atoms. The second kappa shape index (κ2) is 8.20. The summed E-state index contributed by atoms with van der Waals surface area (Å²) in [6.07, 6.45) is 0. The molecule has 1 N–H and O–H groups in total. The van der Waals surface area contributed by atoms with Gasteiger partial charge in [0.1, 0.15) is 12.4 Å². The van der Waals surface area contributed by atoms with Gasteiger partial charge in [0.2, 0.25) is 0 Å². The van der Waals surface area contributed by atoms with Gasteiger partial charge in [-0.1, -0.05) is 60.1 Å². The summed E-state index contributed by atoms with van der Waals surface area (Å²) in [4.78, 5) is 0. The average molecular weight is 348 g/mol. The molecule has 21 heavy (non-hydrogen) atoms. The van der Waals surface area contributed by atoms with Crippen LogP contribution >= 0.6 is 15.9 Å². The lowest BCUT2D eigenvalue weighted by atomic mass is 10.00. The summed E-state index contributed by atoms with van der Waals surface area (Å²) >= 11 is 3.45. The number of likely N-dealkylation sites (N-methyl/N-ethyl adjacent to an activating group) is 1. The van der Waals surface area contributed by atoms with Crippen molar-refractivity contribution in [3.8, 4) is 5.75 Å². The topological polar surface area (TPSA) is 21.3 Å². The Kier molecular flexibility index (Phi) is 6.27. The smallest absolute Gasteiger partial charge is 0.120 e. The van der Waals surface area contributed by atoms with Crippen LogP contribution in [0.5, 0.6) is 5.75 Å². The maximum Gasteiger partial charge on any atom is 0.120 e. The average Bonchev–Trinajstić information content (AvgIpc) is 2.51. The van der Waals surface area contributed by atoms with E-state index in [0.717, 1.165) is 23.3 Å². The van der Waals surface area contributed by atoms with Gasteiger partial charge in [0.25, 0.3) is 0 Å². The van der Waals surface area contributed by atoms with Gasteiger partial charge in [0, 0.05) is 11.0 Å². The Labute approximate surface area is 135 Å². The zero-order valence-corrected chi connectivity index (χ0v) is 14.2. The summed E-state index contributed by atoms with van der Waals surface area (Å²) in [5, 5.41) is 3.38. The molecule has 2 aromatic carbocycles. The number of rotatable bonds is 7. The molecular weight excluding hydrogens is 326 g/mol. The largest absolute Gasteiger partial charge is 0.489 e. The Bertz CT molecular complexity index is 553. The third-order valence-corrected chi connectivity index (χ3v) is 3.94. The molecule has 0 saturated carbocycles. The molecule has 0 aromatic heterocycles. The molecule has 1 atom stereocenters. The lowest BCUT2D eigenvalue weighted by Gasteiger charge is -2.13. The Morgan fingerprint density at radius 2 is 1.90 bits per heavy atom. The predicted octanol–water partition coefficient (Wildman–Crippen LogP) is 4.74. The molecule has 112 valence electrons. The fourth-order valence-electron chi connectivity index (χ4n) is 2.14. The maximum atomic E-state index is 5.80. The number of nitrogens with one attached hydrogen (secondary N) is 1. The first-order valence-electron chi connectivity index (χ1n) is 7.37. The van der Waals surface area contributed by atoms with E-state index in [4.69, 9.17) is 4.74 Å². The van der Waals surface area contributed by atoms with Gasteiger partial charge in [0.05, 0.1) is 0 Å². The molecule has 0 spiro atoms. The van der Waals surface area contributed by atoms with Crippen molar-refractivity contribution in [3.05, 3.63) is 64.1 Å². The second-order valence-electron chi connectivity index (χ2n) is 5.20. The summed E-state index contributed by atoms with van der Waals surface area (Å²) < 4.78 is 6.83. The Morgan fingerprint density at radius 1 is 1.14 bits per heavy atom. The van der Waals surface area contributed by atoms with Gasteiger partial charge >= 0.3 is 0 Å². The van der Waals surface area contributed by atoms with E-state index in [9.17, 15) is 0 Å². The lowest BCUT2D eigenvalue weighted by Crippen LogP contribution is -2.19. The highest BCUT2D eigenvalue weighted by Crippen LogP contribution is 2.20. The zero-order chi connectivity index (χ0) is 15.1. The van der Waals surface area contributed by atoms with Crippen LogP contribution < -0.4 is 10.1 Å². The highest BCUT2D eigenvalue weighted by atomic mass is 79.9. The van der Waals surface area contributed by atoms with Gasteiger partial charge in [-0.25, -0.2) is 0 Å². The van der Waals surface area contributed by atoms with Crippen molar-refractivity contribution >= 4 is 15.9 Å². The molecule has 0 aliphatic rings. The van der Waals surface area contributed by atoms with Gasteiger partial charge in [-0.05, 0) is 41.8 Å². The fraction of sp³-hybridized carbons (Fsp3) is 0.333. The summed E-state index contributed by atoms with van der Waals surface area (Å²) in [7, 11) is 0. The van der Waals surface area contributed by atoms with Crippen LogP contribution in [0.25, 0.3) is 0 Å². The number of benzene rings is 2. The van der Waals surface area contributed by atoms with Crippen LogP contribution in [0.15, 0.2) is 53.0 Å². The number of hydrogen-bond acceptors (Lipinski definition) is 2. The maximum absolute atomic E-state index is 5.80. The van der Waals surface area contributed by atoms with Crippen LogP contribution in [-0.2, 0) is 6.61 Å². The minimum absolute atomic E-state index is 0.532. The molecule has 2 nitrogen and oxygen atoms in total. The zero-order valence-electron chi connectivity index (χ0n) is 12.6. The van der Waals surface area contributed by atoms with Gasteiger partial charge in [-0.3, -0.25) is 0 Å². The summed E-state index contributed by atoms with van der Waals surface area (Å²) in [5.74, 6) is 1.42. The van der Waals surface area contributed by atoms with E-state index in [1.807, 2.05) is 24.3 Å². The number of ether oxygens (including phenoxy) is 1. The van der Waals surface area contributed by atoms with E-state index < -0.39 is 0 Å². The Balaban J connectivity index is 1.90. The first-order valence-corrected chi connectivity index (χ1v) is 8.16. The second-order valence-corrected chi connectivity index (χ2v) is 6.11. The van der Waals surface area contributed by atoms with E-state index in [0.29, 0.717) is 12.5 Å². The molecule has 0 radical (unpaired) electrons. The van der Waals surface area contributed by atoms with Crippen LogP contribution in [-0.4, -0.2) is 13.1 Å². The Hall–Kier alpha value is -1.32. The van der Waals surface area contributed by atoms with Crippen molar-refractivity contribution in [2.45, 2.75) is 26.4 Å². The molecular formula is C18H22BrNO. The third kappa shape index (κ3) is 5.18.